The van der Waals surface area contributed by atoms with Gasteiger partial charge in [0.15, 0.2) is 11.4 Å². The van der Waals surface area contributed by atoms with Crippen molar-refractivity contribution in [1.29, 1.82) is 0 Å². The second kappa shape index (κ2) is 7.58. The molecule has 0 bridgehead atoms. The first-order valence-corrected chi connectivity index (χ1v) is 9.93. The molecular formula is C21H21N7O2. The zero-order chi connectivity index (χ0) is 20.5. The predicted octanol–water partition coefficient (Wildman–Crippen LogP) is 2.83. The monoisotopic (exact) mass is 403 g/mol. The maximum absolute atomic E-state index is 13.3. The molecule has 3 aromatic heterocycles. The minimum absolute atomic E-state index is 0.0560. The van der Waals surface area contributed by atoms with E-state index in [4.69, 9.17) is 4.42 Å². The third kappa shape index (κ3) is 3.49. The summed E-state index contributed by atoms with van der Waals surface area (Å²) in [5, 5.41) is 11.6. The molecule has 4 aromatic rings. The zero-order valence-corrected chi connectivity index (χ0v) is 16.5. The van der Waals surface area contributed by atoms with Gasteiger partial charge in [0.1, 0.15) is 5.52 Å². The molecule has 1 amide bonds. The van der Waals surface area contributed by atoms with Gasteiger partial charge in [-0.15, -0.1) is 4.80 Å². The van der Waals surface area contributed by atoms with Gasteiger partial charge in [0, 0.05) is 24.8 Å². The van der Waals surface area contributed by atoms with Gasteiger partial charge in [0.05, 0.1) is 18.0 Å². The Hall–Kier alpha value is -3.75. The molecule has 152 valence electrons. The molecule has 1 aliphatic rings. The lowest BCUT2D eigenvalue weighted by Gasteiger charge is -2.33. The Bertz CT molecular complexity index is 1150. The molecule has 1 aliphatic heterocycles. The smallest absolute Gasteiger partial charge is 0.295 e. The van der Waals surface area contributed by atoms with E-state index in [0.717, 1.165) is 29.6 Å². The Labute approximate surface area is 172 Å². The van der Waals surface area contributed by atoms with Gasteiger partial charge < -0.3 is 14.6 Å². The number of carbonyl (C=O) groups excluding carboxylic acids is 1. The highest BCUT2D eigenvalue weighted by Gasteiger charge is 2.28. The van der Waals surface area contributed by atoms with Crippen LogP contribution in [0.3, 0.4) is 0 Å². The van der Waals surface area contributed by atoms with E-state index in [1.54, 1.807) is 18.5 Å². The van der Waals surface area contributed by atoms with Gasteiger partial charge in [-0.25, -0.2) is 4.98 Å². The van der Waals surface area contributed by atoms with Crippen LogP contribution >= 0.6 is 0 Å². The molecule has 1 unspecified atom stereocenters. The third-order valence-electron chi connectivity index (χ3n) is 5.18. The number of nitrogens with one attached hydrogen (secondary N) is 1. The number of amides is 1. The summed E-state index contributed by atoms with van der Waals surface area (Å²) in [6, 6.07) is 11.8. The standard InChI is InChI=1S/C21H21N7O2/c1-14-8-9-16(19(24-14)28-22-10-11-23-28)20(29)27-12-4-5-15(13-27)25-21-26-17-6-2-3-7-18(17)30-21/h2-3,6-11,15H,4-5,12-13H2,1H3,(H,25,26). The minimum atomic E-state index is -0.0844. The molecular weight excluding hydrogens is 382 g/mol. The number of hydrogen-bond donors (Lipinski definition) is 1. The number of benzene rings is 1. The summed E-state index contributed by atoms with van der Waals surface area (Å²) in [6.45, 7) is 3.12. The van der Waals surface area contributed by atoms with Crippen molar-refractivity contribution in [2.75, 3.05) is 18.4 Å². The van der Waals surface area contributed by atoms with Crippen LogP contribution < -0.4 is 5.32 Å². The molecule has 1 fully saturated rings. The SMILES string of the molecule is Cc1ccc(C(=O)N2CCCC(Nc3nc4ccccc4o3)C2)c(-n2nccn2)n1. The summed E-state index contributed by atoms with van der Waals surface area (Å²) in [5.41, 5.74) is 2.84. The number of carbonyl (C=O) groups is 1. The van der Waals surface area contributed by atoms with Crippen molar-refractivity contribution in [3.8, 4) is 5.82 Å². The maximum Gasteiger partial charge on any atom is 0.295 e. The average molecular weight is 403 g/mol. The number of aromatic nitrogens is 5. The summed E-state index contributed by atoms with van der Waals surface area (Å²) in [6.07, 6.45) is 4.96. The topological polar surface area (TPSA) is 102 Å². The Morgan fingerprint density at radius 3 is 2.80 bits per heavy atom. The number of nitrogens with zero attached hydrogens (tertiary/aromatic N) is 6. The Balaban J connectivity index is 1.35. The Kier molecular flexibility index (Phi) is 4.62. The first-order chi connectivity index (χ1) is 14.7. The van der Waals surface area contributed by atoms with E-state index in [-0.39, 0.29) is 11.9 Å². The zero-order valence-electron chi connectivity index (χ0n) is 16.5. The van der Waals surface area contributed by atoms with Crippen molar-refractivity contribution in [1.82, 2.24) is 29.9 Å². The fourth-order valence-electron chi connectivity index (χ4n) is 3.75. The fourth-order valence-corrected chi connectivity index (χ4v) is 3.75. The molecule has 30 heavy (non-hydrogen) atoms. The molecule has 1 aromatic carbocycles. The number of pyridine rings is 1. The molecule has 0 saturated carbocycles. The molecule has 9 nitrogen and oxygen atoms in total. The predicted molar refractivity (Wildman–Crippen MR) is 110 cm³/mol. The highest BCUT2D eigenvalue weighted by molar-refractivity contribution is 5.97. The van der Waals surface area contributed by atoms with Crippen molar-refractivity contribution in [3.63, 3.8) is 0 Å². The largest absolute Gasteiger partial charge is 0.424 e. The Morgan fingerprint density at radius 1 is 1.13 bits per heavy atom. The van der Waals surface area contributed by atoms with Gasteiger partial charge in [-0.2, -0.15) is 15.2 Å². The van der Waals surface area contributed by atoms with Crippen LogP contribution in [0.25, 0.3) is 16.9 Å². The summed E-state index contributed by atoms with van der Waals surface area (Å²) in [5.74, 6) is 0.359. The molecule has 9 heteroatoms. The first kappa shape index (κ1) is 18.3. The second-order valence-electron chi connectivity index (χ2n) is 7.36. The lowest BCUT2D eigenvalue weighted by atomic mass is 10.0. The Morgan fingerprint density at radius 2 is 1.97 bits per heavy atom. The van der Waals surface area contributed by atoms with Crippen LogP contribution in [-0.4, -0.2) is 54.9 Å². The average Bonchev–Trinajstić information content (AvgIpc) is 3.43. The summed E-state index contributed by atoms with van der Waals surface area (Å²) >= 11 is 0. The van der Waals surface area contributed by atoms with E-state index in [1.165, 1.54) is 4.80 Å². The van der Waals surface area contributed by atoms with Gasteiger partial charge >= 0.3 is 0 Å². The summed E-state index contributed by atoms with van der Waals surface area (Å²) < 4.78 is 5.78. The number of piperidine rings is 1. The summed E-state index contributed by atoms with van der Waals surface area (Å²) in [4.78, 5) is 25.5. The molecule has 0 aliphatic carbocycles. The molecule has 1 N–H and O–H groups in total. The third-order valence-corrected chi connectivity index (χ3v) is 5.18. The number of aryl methyl sites for hydroxylation is 1. The number of hydrogen-bond acceptors (Lipinski definition) is 7. The molecule has 0 spiro atoms. The van der Waals surface area contributed by atoms with Crippen LogP contribution in [-0.2, 0) is 0 Å². The van der Waals surface area contributed by atoms with Crippen molar-refractivity contribution < 1.29 is 9.21 Å². The minimum Gasteiger partial charge on any atom is -0.424 e. The van der Waals surface area contributed by atoms with E-state index in [2.05, 4.69) is 25.5 Å². The van der Waals surface area contributed by atoms with Crippen molar-refractivity contribution in [2.45, 2.75) is 25.8 Å². The first-order valence-electron chi connectivity index (χ1n) is 9.93. The van der Waals surface area contributed by atoms with Gasteiger partial charge in [0.2, 0.25) is 0 Å². The lowest BCUT2D eigenvalue weighted by Crippen LogP contribution is -2.45. The van der Waals surface area contributed by atoms with Gasteiger partial charge in [0.25, 0.3) is 11.9 Å². The van der Waals surface area contributed by atoms with E-state index in [0.29, 0.717) is 30.5 Å². The fraction of sp³-hybridized carbons (Fsp3) is 0.286. The highest BCUT2D eigenvalue weighted by atomic mass is 16.4. The molecule has 4 heterocycles. The number of fused-ring (bicyclic) bond motifs is 1. The van der Waals surface area contributed by atoms with Crippen LogP contribution in [0, 0.1) is 6.92 Å². The van der Waals surface area contributed by atoms with E-state index in [1.807, 2.05) is 42.2 Å². The maximum atomic E-state index is 13.3. The highest BCUT2D eigenvalue weighted by Crippen LogP contribution is 2.22. The van der Waals surface area contributed by atoms with Gasteiger partial charge in [-0.05, 0) is 44.0 Å². The van der Waals surface area contributed by atoms with Gasteiger partial charge in [-0.3, -0.25) is 4.79 Å². The van der Waals surface area contributed by atoms with Crippen LogP contribution in [0.15, 0.2) is 53.2 Å². The molecule has 5 rings (SSSR count). The van der Waals surface area contributed by atoms with E-state index < -0.39 is 0 Å². The van der Waals surface area contributed by atoms with Crippen molar-refractivity contribution in [2.24, 2.45) is 0 Å². The van der Waals surface area contributed by atoms with Gasteiger partial charge in [-0.1, -0.05) is 12.1 Å². The van der Waals surface area contributed by atoms with Crippen LogP contribution in [0.1, 0.15) is 28.9 Å². The van der Waals surface area contributed by atoms with Crippen LogP contribution in [0.2, 0.25) is 0 Å². The van der Waals surface area contributed by atoms with Crippen molar-refractivity contribution >= 4 is 23.0 Å². The number of anilines is 1. The number of oxazole rings is 1. The van der Waals surface area contributed by atoms with E-state index in [9.17, 15) is 4.79 Å². The number of para-hydroxylation sites is 2. The van der Waals surface area contributed by atoms with Crippen molar-refractivity contribution in [3.05, 3.63) is 60.0 Å². The molecule has 1 atom stereocenters. The van der Waals surface area contributed by atoms with E-state index >= 15 is 0 Å². The van der Waals surface area contributed by atoms with Crippen LogP contribution in [0.5, 0.6) is 0 Å². The second-order valence-corrected chi connectivity index (χ2v) is 7.36. The number of rotatable bonds is 4. The quantitative estimate of drug-likeness (QED) is 0.559. The lowest BCUT2D eigenvalue weighted by molar-refractivity contribution is 0.0713. The normalized spacial score (nSPS) is 16.7. The summed E-state index contributed by atoms with van der Waals surface area (Å²) in [7, 11) is 0. The van der Waals surface area contributed by atoms with Crippen LogP contribution in [0.4, 0.5) is 6.01 Å². The molecule has 0 radical (unpaired) electrons. The number of likely N-dealkylation sites (tertiary alicyclic amines) is 1. The molecule has 1 saturated heterocycles.